The van der Waals surface area contributed by atoms with Gasteiger partial charge in [-0.1, -0.05) is 0 Å². The van der Waals surface area contributed by atoms with Gasteiger partial charge in [-0.15, -0.1) is 0 Å². The number of hydrogen-bond donors (Lipinski definition) is 2. The molecule has 0 unspecified atom stereocenters. The molecule has 0 saturated heterocycles. The molecular formula is C22H19F4N5O. The summed E-state index contributed by atoms with van der Waals surface area (Å²) >= 11 is 0. The molecule has 2 aromatic carbocycles. The Morgan fingerprint density at radius 1 is 1.09 bits per heavy atom. The van der Waals surface area contributed by atoms with Crippen molar-refractivity contribution in [3.63, 3.8) is 0 Å². The van der Waals surface area contributed by atoms with Gasteiger partial charge < -0.3 is 10.2 Å². The van der Waals surface area contributed by atoms with Crippen molar-refractivity contribution in [3.8, 4) is 11.1 Å². The highest BCUT2D eigenvalue weighted by Crippen LogP contribution is 2.29. The van der Waals surface area contributed by atoms with Crippen molar-refractivity contribution in [3.05, 3.63) is 77.8 Å². The second-order valence-electron chi connectivity index (χ2n) is 7.64. The lowest BCUT2D eigenvalue weighted by Crippen LogP contribution is -2.37. The van der Waals surface area contributed by atoms with E-state index < -0.39 is 35.5 Å². The van der Waals surface area contributed by atoms with Gasteiger partial charge in [-0.05, 0) is 50.0 Å². The smallest absolute Gasteiger partial charge is 0.326 e. The van der Waals surface area contributed by atoms with E-state index in [-0.39, 0.29) is 28.8 Å². The second-order valence-corrected chi connectivity index (χ2v) is 7.64. The van der Waals surface area contributed by atoms with Crippen LogP contribution in [0.15, 0.2) is 48.8 Å². The number of benzene rings is 2. The van der Waals surface area contributed by atoms with E-state index >= 15 is 0 Å². The average Bonchev–Trinajstić information content (AvgIpc) is 3.31. The predicted molar refractivity (Wildman–Crippen MR) is 111 cm³/mol. The van der Waals surface area contributed by atoms with Crippen LogP contribution in [0.4, 0.5) is 22.4 Å². The average molecular weight is 445 g/mol. The van der Waals surface area contributed by atoms with Crippen molar-refractivity contribution in [2.75, 3.05) is 20.6 Å². The van der Waals surface area contributed by atoms with Crippen molar-refractivity contribution < 1.29 is 22.4 Å². The molecule has 166 valence electrons. The van der Waals surface area contributed by atoms with Crippen LogP contribution in [-0.4, -0.2) is 46.3 Å². The van der Waals surface area contributed by atoms with E-state index in [1.54, 1.807) is 25.1 Å². The highest BCUT2D eigenvalue weighted by molar-refractivity contribution is 5.94. The van der Waals surface area contributed by atoms with Gasteiger partial charge in [-0.3, -0.25) is 9.67 Å². The van der Waals surface area contributed by atoms with Gasteiger partial charge in [-0.25, -0.2) is 18.0 Å². The Morgan fingerprint density at radius 2 is 1.81 bits per heavy atom. The molecule has 0 saturated carbocycles. The summed E-state index contributed by atoms with van der Waals surface area (Å²) in [4.78, 5) is 14.7. The van der Waals surface area contributed by atoms with Crippen LogP contribution in [-0.2, 0) is 0 Å². The number of hydrogen-bond acceptors (Lipinski definition) is 3. The Kier molecular flexibility index (Phi) is 5.70. The number of H-pyrrole nitrogens is 1. The Bertz CT molecular complexity index is 1280. The lowest BCUT2D eigenvalue weighted by atomic mass is 10.1. The molecule has 2 aromatic heterocycles. The zero-order valence-corrected chi connectivity index (χ0v) is 17.2. The minimum Gasteiger partial charge on any atom is -0.329 e. The summed E-state index contributed by atoms with van der Waals surface area (Å²) in [6.07, 6.45) is 2.61. The van der Waals surface area contributed by atoms with Crippen molar-refractivity contribution in [1.82, 2.24) is 25.0 Å². The SMILES string of the molecule is CN(C)C[C@@H](NC(=O)n1ccc2cc(-c3cn[nH]c3F)c(F)cc21)c1cc(F)cc(F)c1. The normalized spacial score (nSPS) is 12.5. The number of aromatic amines is 1. The molecule has 0 radical (unpaired) electrons. The van der Waals surface area contributed by atoms with Gasteiger partial charge in [0.15, 0.2) is 0 Å². The van der Waals surface area contributed by atoms with Crippen LogP contribution < -0.4 is 5.32 Å². The second kappa shape index (κ2) is 8.46. The highest BCUT2D eigenvalue weighted by atomic mass is 19.1. The topological polar surface area (TPSA) is 66.0 Å². The summed E-state index contributed by atoms with van der Waals surface area (Å²) in [6.45, 7) is 0.270. The molecule has 0 aliphatic rings. The molecule has 0 spiro atoms. The number of amides is 1. The van der Waals surface area contributed by atoms with Crippen LogP contribution in [0.1, 0.15) is 11.6 Å². The zero-order chi connectivity index (χ0) is 23.0. The van der Waals surface area contributed by atoms with E-state index in [1.165, 1.54) is 23.0 Å². The van der Waals surface area contributed by atoms with Crippen molar-refractivity contribution in [1.29, 1.82) is 0 Å². The molecule has 1 atom stereocenters. The third-order valence-electron chi connectivity index (χ3n) is 5.01. The summed E-state index contributed by atoms with van der Waals surface area (Å²) in [5, 5.41) is 8.91. The highest BCUT2D eigenvalue weighted by Gasteiger charge is 2.21. The first-order valence-electron chi connectivity index (χ1n) is 9.64. The van der Waals surface area contributed by atoms with Crippen LogP contribution in [0.5, 0.6) is 0 Å². The monoisotopic (exact) mass is 445 g/mol. The minimum absolute atomic E-state index is 0.00243. The maximum Gasteiger partial charge on any atom is 0.326 e. The standard InChI is InChI=1S/C22H19F4N5O/c1-30(2)11-19(13-5-14(23)8-15(24)6-13)28-22(32)31-4-3-12-7-16(18(25)9-20(12)31)17-10-27-29-21(17)26/h3-10,19H,11H2,1-2H3,(H,27,29)(H,28,32)/t19-/m1/s1. The van der Waals surface area contributed by atoms with Gasteiger partial charge in [0.05, 0.1) is 23.3 Å². The van der Waals surface area contributed by atoms with Crippen molar-refractivity contribution >= 4 is 16.9 Å². The molecular weight excluding hydrogens is 426 g/mol. The van der Waals surface area contributed by atoms with Gasteiger partial charge in [0, 0.05) is 29.8 Å². The Labute approximate surface area is 180 Å². The molecule has 4 rings (SSSR count). The summed E-state index contributed by atoms with van der Waals surface area (Å²) in [6, 6.07) is 5.83. The molecule has 0 aliphatic heterocycles. The Morgan fingerprint density at radius 3 is 2.44 bits per heavy atom. The quantitative estimate of drug-likeness (QED) is 0.446. The number of likely N-dealkylation sites (N-methyl/N-ethyl adjacent to an activating group) is 1. The lowest BCUT2D eigenvalue weighted by molar-refractivity contribution is 0.235. The molecule has 0 fully saturated rings. The van der Waals surface area contributed by atoms with Crippen molar-refractivity contribution in [2.24, 2.45) is 0 Å². The summed E-state index contributed by atoms with van der Waals surface area (Å²) < 4.78 is 57.2. The molecule has 0 aliphatic carbocycles. The maximum atomic E-state index is 14.7. The van der Waals surface area contributed by atoms with E-state index in [4.69, 9.17) is 0 Å². The molecule has 1 amide bonds. The largest absolute Gasteiger partial charge is 0.329 e. The van der Waals surface area contributed by atoms with Gasteiger partial charge in [0.25, 0.3) is 0 Å². The van der Waals surface area contributed by atoms with Gasteiger partial charge in [-0.2, -0.15) is 9.49 Å². The Balaban J connectivity index is 1.67. The van der Waals surface area contributed by atoms with Crippen LogP contribution in [0.3, 0.4) is 0 Å². The fraction of sp³-hybridized carbons (Fsp3) is 0.182. The van der Waals surface area contributed by atoms with Crippen LogP contribution in [0.25, 0.3) is 22.0 Å². The third-order valence-corrected chi connectivity index (χ3v) is 5.01. The summed E-state index contributed by atoms with van der Waals surface area (Å²) in [5.74, 6) is -3.02. The predicted octanol–water partition coefficient (Wildman–Crippen LogP) is 4.45. The van der Waals surface area contributed by atoms with E-state index in [2.05, 4.69) is 15.5 Å². The molecule has 2 heterocycles. The first-order chi connectivity index (χ1) is 15.2. The van der Waals surface area contributed by atoms with Crippen molar-refractivity contribution in [2.45, 2.75) is 6.04 Å². The minimum atomic E-state index is -0.769. The number of nitrogens with zero attached hydrogens (tertiary/aromatic N) is 3. The van der Waals surface area contributed by atoms with E-state index in [0.29, 0.717) is 5.39 Å². The van der Waals surface area contributed by atoms with Crippen LogP contribution in [0.2, 0.25) is 0 Å². The summed E-state index contributed by atoms with van der Waals surface area (Å²) in [5.41, 5.74) is 0.481. The lowest BCUT2D eigenvalue weighted by Gasteiger charge is -2.23. The molecule has 10 heteroatoms. The molecule has 0 bridgehead atoms. The number of aromatic nitrogens is 3. The van der Waals surface area contributed by atoms with Gasteiger partial charge >= 0.3 is 6.03 Å². The molecule has 2 N–H and O–H groups in total. The third kappa shape index (κ3) is 4.22. The fourth-order valence-corrected chi connectivity index (χ4v) is 3.59. The van der Waals surface area contributed by atoms with Crippen LogP contribution in [0, 0.1) is 23.4 Å². The van der Waals surface area contributed by atoms with E-state index in [0.717, 1.165) is 24.3 Å². The van der Waals surface area contributed by atoms with E-state index in [9.17, 15) is 22.4 Å². The number of carbonyl (C=O) groups is 1. The molecule has 6 nitrogen and oxygen atoms in total. The number of halogens is 4. The van der Waals surface area contributed by atoms with Gasteiger partial charge in [0.2, 0.25) is 5.95 Å². The first kappa shape index (κ1) is 21.6. The number of carbonyl (C=O) groups excluding carboxylic acids is 1. The fourth-order valence-electron chi connectivity index (χ4n) is 3.59. The summed E-state index contributed by atoms with van der Waals surface area (Å²) in [7, 11) is 3.51. The molecule has 4 aromatic rings. The van der Waals surface area contributed by atoms with Gasteiger partial charge in [0.1, 0.15) is 17.5 Å². The number of nitrogens with one attached hydrogen (secondary N) is 2. The van der Waals surface area contributed by atoms with E-state index in [1.807, 2.05) is 0 Å². The first-order valence-corrected chi connectivity index (χ1v) is 9.64. The number of fused-ring (bicyclic) bond motifs is 1. The van der Waals surface area contributed by atoms with Crippen LogP contribution >= 0.6 is 0 Å². The number of rotatable bonds is 5. The molecule has 32 heavy (non-hydrogen) atoms. The Hall–Kier alpha value is -3.66. The zero-order valence-electron chi connectivity index (χ0n) is 17.2. The maximum absolute atomic E-state index is 14.7.